The maximum absolute atomic E-state index is 11.9. The van der Waals surface area contributed by atoms with Crippen LogP contribution in [0.5, 0.6) is 11.5 Å². The predicted octanol–water partition coefficient (Wildman–Crippen LogP) is 4.80. The van der Waals surface area contributed by atoms with Gasteiger partial charge >= 0.3 is 13.2 Å². The lowest BCUT2D eigenvalue weighted by Crippen LogP contribution is -2.41. The van der Waals surface area contributed by atoms with Crippen molar-refractivity contribution in [2.45, 2.75) is 84.8 Å². The largest absolute Gasteiger partial charge is 0.494 e. The smallest absolute Gasteiger partial charge is 0.488 e. The number of ether oxygens (including phenoxy) is 3. The minimum absolute atomic E-state index is 0.0921. The van der Waals surface area contributed by atoms with Crippen molar-refractivity contribution >= 4 is 29.6 Å². The van der Waals surface area contributed by atoms with Crippen molar-refractivity contribution in [3.05, 3.63) is 54.5 Å². The van der Waals surface area contributed by atoms with E-state index in [2.05, 4.69) is 15.3 Å². The number of carbonyl (C=O) groups excluding carboxylic acids is 1. The average Bonchev–Trinajstić information content (AvgIpc) is 3.07. The Balaban J connectivity index is 1.34. The fraction of sp³-hybridized carbons (Fsp3) is 0.483. The molecule has 2 aromatic heterocycles. The van der Waals surface area contributed by atoms with Crippen molar-refractivity contribution in [3.8, 4) is 11.5 Å². The molecular formula is C29H38BN3O6. The quantitative estimate of drug-likeness (QED) is 0.411. The number of nitrogens with one attached hydrogen (secondary N) is 1. The van der Waals surface area contributed by atoms with Crippen LogP contribution in [0.1, 0.15) is 61.0 Å². The molecule has 4 rings (SSSR count). The number of hydrogen-bond acceptors (Lipinski definition) is 8. The highest BCUT2D eigenvalue weighted by molar-refractivity contribution is 6.62. The molecule has 3 aromatic rings. The topological polar surface area (TPSA) is 101 Å². The highest BCUT2D eigenvalue weighted by Gasteiger charge is 2.51. The highest BCUT2D eigenvalue weighted by atomic mass is 16.7. The third-order valence-electron chi connectivity index (χ3n) is 6.64. The molecule has 1 unspecified atom stereocenters. The summed E-state index contributed by atoms with van der Waals surface area (Å²) in [6.07, 6.45) is 4.21. The van der Waals surface area contributed by atoms with Gasteiger partial charge in [-0.05, 0) is 79.1 Å². The van der Waals surface area contributed by atoms with Crippen molar-refractivity contribution in [3.63, 3.8) is 0 Å². The van der Waals surface area contributed by atoms with Gasteiger partial charge in [-0.25, -0.2) is 4.79 Å². The van der Waals surface area contributed by atoms with Crippen LogP contribution in [0.15, 0.2) is 48.9 Å². The normalized spacial score (nSPS) is 17.1. The molecule has 0 bridgehead atoms. The molecule has 0 saturated carbocycles. The molecule has 1 N–H and O–H groups in total. The molecule has 0 spiro atoms. The number of pyridine rings is 2. The van der Waals surface area contributed by atoms with E-state index < -0.39 is 24.4 Å². The van der Waals surface area contributed by atoms with Crippen LogP contribution in [0.4, 0.5) is 4.79 Å². The summed E-state index contributed by atoms with van der Waals surface area (Å²) in [4.78, 5) is 20.6. The van der Waals surface area contributed by atoms with Crippen LogP contribution in [-0.4, -0.2) is 52.6 Å². The van der Waals surface area contributed by atoms with Crippen LogP contribution in [0, 0.1) is 0 Å². The Hall–Kier alpha value is -3.37. The van der Waals surface area contributed by atoms with E-state index in [0.717, 1.165) is 21.9 Å². The van der Waals surface area contributed by atoms with Gasteiger partial charge in [0.15, 0.2) is 0 Å². The Kier molecular flexibility index (Phi) is 8.09. The fourth-order valence-corrected chi connectivity index (χ4v) is 3.91. The maximum atomic E-state index is 11.9. The van der Waals surface area contributed by atoms with Crippen LogP contribution in [0.3, 0.4) is 0 Å². The summed E-state index contributed by atoms with van der Waals surface area (Å²) in [5, 5.41) is 3.69. The van der Waals surface area contributed by atoms with Gasteiger partial charge in [0.05, 0.1) is 29.1 Å². The molecule has 1 amide bonds. The summed E-state index contributed by atoms with van der Waals surface area (Å²) in [6, 6.07) is 9.72. The first-order valence-corrected chi connectivity index (χ1v) is 13.1. The maximum Gasteiger partial charge on any atom is 0.494 e. The van der Waals surface area contributed by atoms with E-state index >= 15 is 0 Å². The van der Waals surface area contributed by atoms with Gasteiger partial charge < -0.3 is 28.8 Å². The van der Waals surface area contributed by atoms with Gasteiger partial charge in [-0.15, -0.1) is 0 Å². The number of amides is 1. The van der Waals surface area contributed by atoms with Crippen molar-refractivity contribution in [2.75, 3.05) is 6.61 Å². The number of rotatable bonds is 8. The van der Waals surface area contributed by atoms with Gasteiger partial charge in [-0.3, -0.25) is 9.97 Å². The number of benzene rings is 1. The minimum atomic E-state index is -0.483. The Bertz CT molecular complexity index is 1310. The van der Waals surface area contributed by atoms with E-state index in [1.807, 2.05) is 79.7 Å². The van der Waals surface area contributed by atoms with Crippen molar-refractivity contribution in [1.82, 2.24) is 15.3 Å². The van der Waals surface area contributed by atoms with Gasteiger partial charge in [0.25, 0.3) is 0 Å². The Labute approximate surface area is 230 Å². The molecular weight excluding hydrogens is 497 g/mol. The molecule has 10 heteroatoms. The van der Waals surface area contributed by atoms with Gasteiger partial charge in [-0.1, -0.05) is 12.1 Å². The first kappa shape index (κ1) is 28.6. The number of nitrogens with zero attached hydrogens (tertiary/aromatic N) is 2. The Morgan fingerprint density at radius 1 is 1.03 bits per heavy atom. The first-order chi connectivity index (χ1) is 18.2. The standard InChI is InChI=1S/C29H38BN3O6/c1-19(17-35-23-11-20(14-31-15-23)18-36-26(34)33-27(2,3)4)37-24-13-21-12-22(9-10-25(21)32-16-24)30-38-28(5,6)29(7,8)39-30/h9-16,19H,17-18H2,1-8H3,(H,33,34). The van der Waals surface area contributed by atoms with E-state index in [1.165, 1.54) is 0 Å². The van der Waals surface area contributed by atoms with Gasteiger partial charge in [0.1, 0.15) is 30.8 Å². The molecule has 39 heavy (non-hydrogen) atoms. The second-order valence-corrected chi connectivity index (χ2v) is 11.9. The molecule has 1 aliphatic heterocycles. The number of aromatic nitrogens is 2. The van der Waals surface area contributed by atoms with Crippen molar-refractivity contribution in [2.24, 2.45) is 0 Å². The van der Waals surface area contributed by atoms with E-state index in [0.29, 0.717) is 18.1 Å². The van der Waals surface area contributed by atoms with Gasteiger partial charge in [0, 0.05) is 22.7 Å². The Morgan fingerprint density at radius 2 is 1.74 bits per heavy atom. The summed E-state index contributed by atoms with van der Waals surface area (Å²) in [7, 11) is -0.445. The Morgan fingerprint density at radius 3 is 2.44 bits per heavy atom. The molecule has 1 aromatic carbocycles. The fourth-order valence-electron chi connectivity index (χ4n) is 3.91. The zero-order valence-electron chi connectivity index (χ0n) is 24.0. The number of alkyl carbamates (subject to hydrolysis) is 1. The van der Waals surface area contributed by atoms with Crippen LogP contribution in [0.2, 0.25) is 0 Å². The second kappa shape index (κ2) is 11.0. The number of fused-ring (bicyclic) bond motifs is 1. The number of hydrogen-bond donors (Lipinski definition) is 1. The van der Waals surface area contributed by atoms with Crippen molar-refractivity contribution in [1.29, 1.82) is 0 Å². The minimum Gasteiger partial charge on any atom is -0.488 e. The van der Waals surface area contributed by atoms with Gasteiger partial charge in [-0.2, -0.15) is 0 Å². The average molecular weight is 535 g/mol. The van der Waals surface area contributed by atoms with Crippen LogP contribution >= 0.6 is 0 Å². The molecule has 1 atom stereocenters. The lowest BCUT2D eigenvalue weighted by molar-refractivity contribution is 0.00578. The summed E-state index contributed by atoms with van der Waals surface area (Å²) < 4.78 is 29.6. The summed E-state index contributed by atoms with van der Waals surface area (Å²) >= 11 is 0. The third kappa shape index (κ3) is 7.39. The zero-order chi connectivity index (χ0) is 28.4. The molecule has 1 aliphatic rings. The first-order valence-electron chi connectivity index (χ1n) is 13.1. The molecule has 1 fully saturated rings. The monoisotopic (exact) mass is 535 g/mol. The predicted molar refractivity (Wildman–Crippen MR) is 150 cm³/mol. The van der Waals surface area contributed by atoms with Crippen LogP contribution < -0.4 is 20.3 Å². The van der Waals surface area contributed by atoms with E-state index in [1.54, 1.807) is 24.7 Å². The molecule has 3 heterocycles. The lowest BCUT2D eigenvalue weighted by atomic mass is 9.78. The van der Waals surface area contributed by atoms with Gasteiger partial charge in [0.2, 0.25) is 0 Å². The highest BCUT2D eigenvalue weighted by Crippen LogP contribution is 2.36. The van der Waals surface area contributed by atoms with E-state index in [-0.39, 0.29) is 18.2 Å². The summed E-state index contributed by atoms with van der Waals surface area (Å²) in [6.45, 7) is 16.1. The molecule has 208 valence electrons. The summed E-state index contributed by atoms with van der Waals surface area (Å²) in [5.41, 5.74) is 1.33. The molecule has 0 radical (unpaired) electrons. The van der Waals surface area contributed by atoms with E-state index in [9.17, 15) is 4.79 Å². The number of carbonyl (C=O) groups is 1. The van der Waals surface area contributed by atoms with Crippen LogP contribution in [0.25, 0.3) is 10.9 Å². The third-order valence-corrected chi connectivity index (χ3v) is 6.64. The summed E-state index contributed by atoms with van der Waals surface area (Å²) in [5.74, 6) is 1.20. The van der Waals surface area contributed by atoms with Crippen molar-refractivity contribution < 1.29 is 28.3 Å². The molecule has 0 aliphatic carbocycles. The SMILES string of the molecule is CC(COc1cncc(COC(=O)NC(C)(C)C)c1)Oc1cnc2ccc(B3OC(C)(C)C(C)(C)O3)cc2c1. The van der Waals surface area contributed by atoms with E-state index in [4.69, 9.17) is 23.5 Å². The lowest BCUT2D eigenvalue weighted by Gasteiger charge is -2.32. The zero-order valence-corrected chi connectivity index (χ0v) is 24.0. The second-order valence-electron chi connectivity index (χ2n) is 11.9. The van der Waals surface area contributed by atoms with Crippen LogP contribution in [-0.2, 0) is 20.7 Å². The molecule has 1 saturated heterocycles. The molecule has 9 nitrogen and oxygen atoms in total.